The zero-order chi connectivity index (χ0) is 19.2. The smallest absolute Gasteiger partial charge is 0.179 e. The van der Waals surface area contributed by atoms with Gasteiger partial charge in [-0.05, 0) is 31.0 Å². The van der Waals surface area contributed by atoms with Crippen LogP contribution in [0.5, 0.6) is 11.5 Å². The molecule has 1 fully saturated rings. The minimum atomic E-state index is 0. The van der Waals surface area contributed by atoms with Gasteiger partial charge >= 0.3 is 0 Å². The summed E-state index contributed by atoms with van der Waals surface area (Å²) < 4.78 is 13.7. The predicted octanol–water partition coefficient (Wildman–Crippen LogP) is 3.83. The molecule has 1 aliphatic rings. The number of imidazole rings is 1. The number of nitrogens with one attached hydrogen (secondary N) is 1. The summed E-state index contributed by atoms with van der Waals surface area (Å²) in [6.07, 6.45) is 4.77. The summed E-state index contributed by atoms with van der Waals surface area (Å²) in [5.41, 5.74) is 1.12. The van der Waals surface area contributed by atoms with E-state index in [1.807, 2.05) is 32.4 Å². The molecule has 0 spiro atoms. The number of hydrogen-bond donors (Lipinski definition) is 1. The molecule has 1 N–H and O–H groups in total. The van der Waals surface area contributed by atoms with Crippen LogP contribution in [0.1, 0.15) is 37.7 Å². The number of hydrogen-bond acceptors (Lipinski definition) is 5. The monoisotopic (exact) mass is 428 g/mol. The van der Waals surface area contributed by atoms with Crippen molar-refractivity contribution in [2.24, 2.45) is 7.05 Å². The average molecular weight is 429 g/mol. The van der Waals surface area contributed by atoms with Gasteiger partial charge in [0.25, 0.3) is 0 Å². The van der Waals surface area contributed by atoms with Crippen LogP contribution in [0.15, 0.2) is 24.5 Å². The number of aromatic nitrogens is 2. The summed E-state index contributed by atoms with van der Waals surface area (Å²) in [4.78, 5) is 6.99. The SMILES string of the molecule is CCCOc1c(Cl)cc(CN2CCNCC2c2nccn2C)cc1OCC.Cl. The van der Waals surface area contributed by atoms with E-state index in [0.29, 0.717) is 24.0 Å². The molecule has 1 aliphatic heterocycles. The summed E-state index contributed by atoms with van der Waals surface area (Å²) in [7, 11) is 2.04. The summed E-state index contributed by atoms with van der Waals surface area (Å²) in [6, 6.07) is 4.27. The molecule has 1 unspecified atom stereocenters. The summed E-state index contributed by atoms with van der Waals surface area (Å²) in [5, 5.41) is 4.08. The van der Waals surface area contributed by atoms with E-state index in [1.165, 1.54) is 0 Å². The zero-order valence-corrected chi connectivity index (χ0v) is 18.4. The lowest BCUT2D eigenvalue weighted by molar-refractivity contribution is 0.144. The van der Waals surface area contributed by atoms with Crippen molar-refractivity contribution >= 4 is 24.0 Å². The van der Waals surface area contributed by atoms with Crippen LogP contribution in [0.3, 0.4) is 0 Å². The molecule has 2 aromatic rings. The molecule has 0 bridgehead atoms. The van der Waals surface area contributed by atoms with Gasteiger partial charge in [-0.25, -0.2) is 4.98 Å². The Balaban J connectivity index is 0.00000280. The average Bonchev–Trinajstić information content (AvgIpc) is 3.08. The van der Waals surface area contributed by atoms with E-state index in [9.17, 15) is 0 Å². The summed E-state index contributed by atoms with van der Waals surface area (Å²) in [5.74, 6) is 2.43. The first-order chi connectivity index (χ1) is 13.1. The Hall–Kier alpha value is -1.47. The molecule has 1 aromatic heterocycles. The van der Waals surface area contributed by atoms with Gasteiger partial charge in [0.05, 0.1) is 24.3 Å². The van der Waals surface area contributed by atoms with Crippen LogP contribution in [0.25, 0.3) is 0 Å². The highest BCUT2D eigenvalue weighted by Gasteiger charge is 2.27. The highest BCUT2D eigenvalue weighted by molar-refractivity contribution is 6.32. The number of nitrogens with zero attached hydrogens (tertiary/aromatic N) is 3. The van der Waals surface area contributed by atoms with E-state index in [1.54, 1.807) is 0 Å². The fourth-order valence-corrected chi connectivity index (χ4v) is 3.73. The van der Waals surface area contributed by atoms with E-state index in [-0.39, 0.29) is 18.4 Å². The molecule has 28 heavy (non-hydrogen) atoms. The Morgan fingerprint density at radius 3 is 2.79 bits per heavy atom. The zero-order valence-electron chi connectivity index (χ0n) is 16.8. The molecule has 6 nitrogen and oxygen atoms in total. The summed E-state index contributed by atoms with van der Waals surface area (Å²) in [6.45, 7) is 8.83. The van der Waals surface area contributed by atoms with Crippen molar-refractivity contribution in [3.05, 3.63) is 40.9 Å². The number of aryl methyl sites for hydroxylation is 1. The first kappa shape index (κ1) is 22.8. The quantitative estimate of drug-likeness (QED) is 0.691. The van der Waals surface area contributed by atoms with Crippen molar-refractivity contribution in [1.82, 2.24) is 19.8 Å². The predicted molar refractivity (Wildman–Crippen MR) is 115 cm³/mol. The fourth-order valence-electron chi connectivity index (χ4n) is 3.44. The molecule has 2 heterocycles. The molecule has 1 saturated heterocycles. The van der Waals surface area contributed by atoms with Crippen molar-refractivity contribution in [1.29, 1.82) is 0 Å². The van der Waals surface area contributed by atoms with Crippen LogP contribution < -0.4 is 14.8 Å². The van der Waals surface area contributed by atoms with E-state index in [0.717, 1.165) is 49.7 Å². The van der Waals surface area contributed by atoms with Gasteiger partial charge < -0.3 is 19.4 Å². The number of ether oxygens (including phenoxy) is 2. The molecule has 1 aromatic carbocycles. The second-order valence-electron chi connectivity index (χ2n) is 6.77. The van der Waals surface area contributed by atoms with Crippen molar-refractivity contribution in [2.75, 3.05) is 32.8 Å². The van der Waals surface area contributed by atoms with Crippen LogP contribution >= 0.6 is 24.0 Å². The van der Waals surface area contributed by atoms with Crippen molar-refractivity contribution in [3.8, 4) is 11.5 Å². The number of benzene rings is 1. The van der Waals surface area contributed by atoms with Crippen LogP contribution in [0.4, 0.5) is 0 Å². The van der Waals surface area contributed by atoms with Gasteiger partial charge in [-0.1, -0.05) is 18.5 Å². The van der Waals surface area contributed by atoms with Gasteiger partial charge in [-0.3, -0.25) is 4.90 Å². The van der Waals surface area contributed by atoms with Gasteiger partial charge in [-0.2, -0.15) is 0 Å². The third kappa shape index (κ3) is 5.32. The van der Waals surface area contributed by atoms with Gasteiger partial charge in [0, 0.05) is 45.6 Å². The third-order valence-corrected chi connectivity index (χ3v) is 5.00. The van der Waals surface area contributed by atoms with Crippen molar-refractivity contribution in [2.45, 2.75) is 32.9 Å². The van der Waals surface area contributed by atoms with Gasteiger partial charge in [0.2, 0.25) is 0 Å². The standard InChI is InChI=1S/C20H29ClN4O2.ClH/c1-4-10-27-19-16(21)11-15(12-18(19)26-5-2)14-25-9-6-22-13-17(25)20-23-7-8-24(20)3;/h7-8,11-12,17,22H,4-6,9-10,13-14H2,1-3H3;1H. The Labute approximate surface area is 178 Å². The molecule has 0 radical (unpaired) electrons. The van der Waals surface area contributed by atoms with Crippen LogP contribution in [0.2, 0.25) is 5.02 Å². The summed E-state index contributed by atoms with van der Waals surface area (Å²) >= 11 is 6.53. The third-order valence-electron chi connectivity index (χ3n) is 4.72. The molecule has 8 heteroatoms. The molecule has 3 rings (SSSR count). The van der Waals surface area contributed by atoms with E-state index in [2.05, 4.69) is 32.8 Å². The molecular weight excluding hydrogens is 399 g/mol. The first-order valence-electron chi connectivity index (χ1n) is 9.64. The van der Waals surface area contributed by atoms with E-state index >= 15 is 0 Å². The number of halogens is 2. The highest BCUT2D eigenvalue weighted by Crippen LogP contribution is 2.37. The van der Waals surface area contributed by atoms with Crippen molar-refractivity contribution in [3.63, 3.8) is 0 Å². The molecule has 0 aliphatic carbocycles. The van der Waals surface area contributed by atoms with Gasteiger partial charge in [0.15, 0.2) is 11.5 Å². The lowest BCUT2D eigenvalue weighted by atomic mass is 10.1. The minimum Gasteiger partial charge on any atom is -0.490 e. The molecule has 0 amide bonds. The lowest BCUT2D eigenvalue weighted by Gasteiger charge is -2.35. The Bertz CT molecular complexity index is 754. The highest BCUT2D eigenvalue weighted by atomic mass is 35.5. The second kappa shape index (κ2) is 10.9. The van der Waals surface area contributed by atoms with Crippen LogP contribution in [-0.2, 0) is 13.6 Å². The fraction of sp³-hybridized carbons (Fsp3) is 0.550. The number of piperazine rings is 1. The Morgan fingerprint density at radius 2 is 2.11 bits per heavy atom. The Kier molecular flexibility index (Phi) is 8.89. The maximum absolute atomic E-state index is 6.53. The van der Waals surface area contributed by atoms with Gasteiger partial charge in [-0.15, -0.1) is 12.4 Å². The first-order valence-corrected chi connectivity index (χ1v) is 10.0. The number of rotatable bonds is 8. The van der Waals surface area contributed by atoms with E-state index in [4.69, 9.17) is 21.1 Å². The molecule has 1 atom stereocenters. The topological polar surface area (TPSA) is 51.5 Å². The second-order valence-corrected chi connectivity index (χ2v) is 7.18. The normalized spacial score (nSPS) is 17.2. The maximum atomic E-state index is 6.53. The van der Waals surface area contributed by atoms with Gasteiger partial charge in [0.1, 0.15) is 5.82 Å². The Morgan fingerprint density at radius 1 is 1.29 bits per heavy atom. The van der Waals surface area contributed by atoms with E-state index < -0.39 is 0 Å². The van der Waals surface area contributed by atoms with Crippen LogP contribution in [0, 0.1) is 0 Å². The maximum Gasteiger partial charge on any atom is 0.179 e. The molecular formula is C20H30Cl2N4O2. The molecule has 156 valence electrons. The van der Waals surface area contributed by atoms with Crippen molar-refractivity contribution < 1.29 is 9.47 Å². The molecule has 0 saturated carbocycles. The lowest BCUT2D eigenvalue weighted by Crippen LogP contribution is -2.46. The van der Waals surface area contributed by atoms with Crippen LogP contribution in [-0.4, -0.2) is 47.3 Å². The minimum absolute atomic E-state index is 0. The largest absolute Gasteiger partial charge is 0.490 e.